The molecule has 0 spiro atoms. The first kappa shape index (κ1) is 18.1. The molecule has 3 aromatic rings. The largest absolute Gasteiger partial charge is 0.493 e. The van der Waals surface area contributed by atoms with Gasteiger partial charge in [-0.2, -0.15) is 0 Å². The number of carbonyl (C=O) groups is 1. The first-order valence-electron chi connectivity index (χ1n) is 8.03. The molecule has 1 heterocycles. The van der Waals surface area contributed by atoms with Crippen molar-refractivity contribution >= 4 is 22.6 Å². The predicted molar refractivity (Wildman–Crippen MR) is 98.0 cm³/mol. The molecule has 3 rings (SSSR count). The molecule has 1 amide bonds. The van der Waals surface area contributed by atoms with E-state index in [0.717, 1.165) is 17.2 Å². The zero-order chi connectivity index (χ0) is 19.6. The number of carbonyl (C=O) groups excluding carboxylic acids is 1. The van der Waals surface area contributed by atoms with E-state index in [4.69, 9.17) is 9.15 Å². The van der Waals surface area contributed by atoms with Crippen molar-refractivity contribution in [3.05, 3.63) is 79.7 Å². The fourth-order valence-corrected chi connectivity index (χ4v) is 2.59. The van der Waals surface area contributed by atoms with Gasteiger partial charge in [-0.25, -0.2) is 4.79 Å². The summed E-state index contributed by atoms with van der Waals surface area (Å²) < 4.78 is 10.2. The molecule has 138 valence electrons. The third kappa shape index (κ3) is 3.79. The normalized spacial score (nSPS) is 10.6. The molecule has 0 radical (unpaired) electrons. The van der Waals surface area contributed by atoms with Gasteiger partial charge < -0.3 is 14.5 Å². The summed E-state index contributed by atoms with van der Waals surface area (Å²) in [7, 11) is 1.31. The molecule has 2 aromatic carbocycles. The Hall–Kier alpha value is -3.68. The van der Waals surface area contributed by atoms with Gasteiger partial charge >= 0.3 is 5.63 Å². The van der Waals surface area contributed by atoms with Gasteiger partial charge in [-0.1, -0.05) is 29.8 Å². The number of non-ortho nitro benzene ring substituents is 1. The van der Waals surface area contributed by atoms with Crippen LogP contribution >= 0.6 is 0 Å². The number of hydrogen-bond acceptors (Lipinski definition) is 6. The Labute approximate surface area is 153 Å². The molecule has 0 aliphatic heterocycles. The standard InChI is InChI=1S/C19H16N2O6/c1-11-3-5-12(6-4-11)10-20-18(22)15-8-13-7-14(21(24)25)9-16(26-2)17(13)27-19(15)23/h3-9H,10H2,1-2H3,(H,20,22). The Morgan fingerprint density at radius 2 is 1.93 bits per heavy atom. The van der Waals surface area contributed by atoms with Crippen LogP contribution in [0.15, 0.2) is 51.7 Å². The molecule has 1 aromatic heterocycles. The van der Waals surface area contributed by atoms with Gasteiger partial charge in [-0.3, -0.25) is 14.9 Å². The molecule has 8 heteroatoms. The number of methoxy groups -OCH3 is 1. The van der Waals surface area contributed by atoms with Gasteiger partial charge in [0.1, 0.15) is 5.56 Å². The van der Waals surface area contributed by atoms with Crippen molar-refractivity contribution in [2.24, 2.45) is 0 Å². The van der Waals surface area contributed by atoms with Crippen LogP contribution in [0.2, 0.25) is 0 Å². The van der Waals surface area contributed by atoms with E-state index in [1.54, 1.807) is 0 Å². The van der Waals surface area contributed by atoms with Gasteiger partial charge in [0.15, 0.2) is 11.3 Å². The van der Waals surface area contributed by atoms with E-state index >= 15 is 0 Å². The number of nitrogens with zero attached hydrogens (tertiary/aromatic N) is 1. The van der Waals surface area contributed by atoms with Crippen LogP contribution in [-0.4, -0.2) is 17.9 Å². The Morgan fingerprint density at radius 3 is 2.56 bits per heavy atom. The van der Waals surface area contributed by atoms with Crippen LogP contribution in [0.4, 0.5) is 5.69 Å². The highest BCUT2D eigenvalue weighted by Gasteiger charge is 2.19. The molecular weight excluding hydrogens is 352 g/mol. The maximum Gasteiger partial charge on any atom is 0.349 e. The number of rotatable bonds is 5. The first-order chi connectivity index (χ1) is 12.9. The van der Waals surface area contributed by atoms with E-state index in [1.807, 2.05) is 31.2 Å². The fourth-order valence-electron chi connectivity index (χ4n) is 2.59. The smallest absolute Gasteiger partial charge is 0.349 e. The maximum atomic E-state index is 12.4. The van der Waals surface area contributed by atoms with Gasteiger partial charge in [0, 0.05) is 18.0 Å². The van der Waals surface area contributed by atoms with Gasteiger partial charge in [0.25, 0.3) is 11.6 Å². The van der Waals surface area contributed by atoms with Crippen molar-refractivity contribution in [1.29, 1.82) is 0 Å². The zero-order valence-corrected chi connectivity index (χ0v) is 14.6. The third-order valence-electron chi connectivity index (χ3n) is 4.03. The van der Waals surface area contributed by atoms with Crippen LogP contribution in [0.1, 0.15) is 21.5 Å². The van der Waals surface area contributed by atoms with E-state index in [-0.39, 0.29) is 34.5 Å². The number of fused-ring (bicyclic) bond motifs is 1. The summed E-state index contributed by atoms with van der Waals surface area (Å²) in [5, 5.41) is 13.9. The molecule has 0 saturated carbocycles. The molecule has 0 fully saturated rings. The second-order valence-electron chi connectivity index (χ2n) is 5.94. The highest BCUT2D eigenvalue weighted by atomic mass is 16.6. The third-order valence-corrected chi connectivity index (χ3v) is 4.03. The lowest BCUT2D eigenvalue weighted by atomic mass is 10.1. The predicted octanol–water partition coefficient (Wildman–Crippen LogP) is 2.95. The molecule has 27 heavy (non-hydrogen) atoms. The van der Waals surface area contributed by atoms with Gasteiger partial charge in [0.2, 0.25) is 0 Å². The minimum absolute atomic E-state index is 0.0444. The molecule has 8 nitrogen and oxygen atoms in total. The monoisotopic (exact) mass is 368 g/mol. The lowest BCUT2D eigenvalue weighted by Crippen LogP contribution is -2.27. The number of nitro benzene ring substituents is 1. The van der Waals surface area contributed by atoms with Crippen LogP contribution in [0.5, 0.6) is 5.75 Å². The SMILES string of the molecule is COc1cc([N+](=O)[O-])cc2cc(C(=O)NCc3ccc(C)cc3)c(=O)oc12. The number of ether oxygens (including phenoxy) is 1. The van der Waals surface area contributed by atoms with Crippen molar-refractivity contribution in [1.82, 2.24) is 5.32 Å². The minimum atomic E-state index is -0.851. The molecule has 0 saturated heterocycles. The van der Waals surface area contributed by atoms with Crippen molar-refractivity contribution in [2.45, 2.75) is 13.5 Å². The quantitative estimate of drug-likeness (QED) is 0.421. The Morgan fingerprint density at radius 1 is 1.22 bits per heavy atom. The summed E-state index contributed by atoms with van der Waals surface area (Å²) in [6, 6.07) is 11.2. The molecule has 0 aliphatic carbocycles. The highest BCUT2D eigenvalue weighted by molar-refractivity contribution is 5.97. The second kappa shape index (κ2) is 7.28. The van der Waals surface area contributed by atoms with E-state index in [1.165, 1.54) is 19.2 Å². The number of nitro groups is 1. The number of nitrogens with one attached hydrogen (secondary N) is 1. The first-order valence-corrected chi connectivity index (χ1v) is 8.03. The van der Waals surface area contributed by atoms with Crippen molar-refractivity contribution in [3.8, 4) is 5.75 Å². The average molecular weight is 368 g/mol. The van der Waals surface area contributed by atoms with E-state index in [9.17, 15) is 19.7 Å². The summed E-state index contributed by atoms with van der Waals surface area (Å²) in [6.45, 7) is 2.19. The molecule has 1 N–H and O–H groups in total. The van der Waals surface area contributed by atoms with Crippen LogP contribution in [0.25, 0.3) is 11.0 Å². The summed E-state index contributed by atoms with van der Waals surface area (Å²) in [6.07, 6.45) is 0. The van der Waals surface area contributed by atoms with Crippen molar-refractivity contribution in [2.75, 3.05) is 7.11 Å². The van der Waals surface area contributed by atoms with Crippen molar-refractivity contribution in [3.63, 3.8) is 0 Å². The summed E-state index contributed by atoms with van der Waals surface area (Å²) in [5.41, 5.74) is 0.683. The van der Waals surface area contributed by atoms with E-state index in [0.29, 0.717) is 0 Å². The lowest BCUT2D eigenvalue weighted by Gasteiger charge is -2.07. The summed E-state index contributed by atoms with van der Waals surface area (Å²) >= 11 is 0. The van der Waals surface area contributed by atoms with Crippen LogP contribution in [0.3, 0.4) is 0 Å². The van der Waals surface area contributed by atoms with Gasteiger partial charge in [-0.15, -0.1) is 0 Å². The average Bonchev–Trinajstić information content (AvgIpc) is 2.65. The Bertz CT molecular complexity index is 1090. The number of benzene rings is 2. The number of amides is 1. The Kier molecular flexibility index (Phi) is 4.89. The minimum Gasteiger partial charge on any atom is -0.493 e. The lowest BCUT2D eigenvalue weighted by molar-refractivity contribution is -0.384. The number of hydrogen-bond donors (Lipinski definition) is 1. The number of aryl methyl sites for hydroxylation is 1. The Balaban J connectivity index is 1.94. The maximum absolute atomic E-state index is 12.4. The van der Waals surface area contributed by atoms with Crippen LogP contribution in [0, 0.1) is 17.0 Å². The summed E-state index contributed by atoms with van der Waals surface area (Å²) in [5.74, 6) is -0.584. The van der Waals surface area contributed by atoms with Crippen LogP contribution in [-0.2, 0) is 6.54 Å². The molecule has 0 atom stereocenters. The molecule has 0 bridgehead atoms. The van der Waals surface area contributed by atoms with E-state index in [2.05, 4.69) is 5.32 Å². The highest BCUT2D eigenvalue weighted by Crippen LogP contribution is 2.30. The summed E-state index contributed by atoms with van der Waals surface area (Å²) in [4.78, 5) is 35.1. The molecular formula is C19H16N2O6. The van der Waals surface area contributed by atoms with Crippen LogP contribution < -0.4 is 15.7 Å². The van der Waals surface area contributed by atoms with E-state index < -0.39 is 16.5 Å². The molecule has 0 unspecified atom stereocenters. The zero-order valence-electron chi connectivity index (χ0n) is 14.6. The van der Waals surface area contributed by atoms with Gasteiger partial charge in [-0.05, 0) is 18.6 Å². The fraction of sp³-hybridized carbons (Fsp3) is 0.158. The molecule has 0 aliphatic rings. The second-order valence-corrected chi connectivity index (χ2v) is 5.94. The van der Waals surface area contributed by atoms with Crippen molar-refractivity contribution < 1.29 is 18.9 Å². The topological polar surface area (TPSA) is 112 Å². The van der Waals surface area contributed by atoms with Gasteiger partial charge in [0.05, 0.1) is 18.1 Å².